The molecule has 3 nitrogen and oxygen atoms in total. The molecule has 1 aliphatic heterocycles. The van der Waals surface area contributed by atoms with Crippen molar-refractivity contribution in [3.05, 3.63) is 23.2 Å². The van der Waals surface area contributed by atoms with Gasteiger partial charge in [-0.05, 0) is 29.7 Å². The molecular formula is C11H12ClN3S. The lowest BCUT2D eigenvalue weighted by Crippen LogP contribution is -2.43. The van der Waals surface area contributed by atoms with E-state index in [0.29, 0.717) is 0 Å². The standard InChI is InChI=1S/C11H12ClN3S/c12-8-1-2-9-10(7-8)16-14-11(9)15-5-3-13-4-6-15/h1-2,7,13H,3-6H2. The lowest BCUT2D eigenvalue weighted by Gasteiger charge is -2.27. The van der Waals surface area contributed by atoms with E-state index in [2.05, 4.69) is 20.7 Å². The minimum absolute atomic E-state index is 0.781. The molecule has 2 heterocycles. The topological polar surface area (TPSA) is 28.2 Å². The van der Waals surface area contributed by atoms with Crippen LogP contribution < -0.4 is 10.2 Å². The van der Waals surface area contributed by atoms with E-state index < -0.39 is 0 Å². The van der Waals surface area contributed by atoms with Gasteiger partial charge in [-0.3, -0.25) is 0 Å². The maximum atomic E-state index is 5.97. The molecule has 0 unspecified atom stereocenters. The summed E-state index contributed by atoms with van der Waals surface area (Å²) in [5, 5.41) is 5.35. The van der Waals surface area contributed by atoms with Crippen LogP contribution in [-0.2, 0) is 0 Å². The second kappa shape index (κ2) is 4.20. The maximum Gasteiger partial charge on any atom is 0.150 e. The smallest absolute Gasteiger partial charge is 0.150 e. The first-order valence-corrected chi connectivity index (χ1v) is 6.50. The van der Waals surface area contributed by atoms with Gasteiger partial charge < -0.3 is 10.2 Å². The highest BCUT2D eigenvalue weighted by Gasteiger charge is 2.16. The van der Waals surface area contributed by atoms with E-state index in [4.69, 9.17) is 11.6 Å². The summed E-state index contributed by atoms with van der Waals surface area (Å²) in [6.07, 6.45) is 0. The van der Waals surface area contributed by atoms with Crippen LogP contribution in [0.5, 0.6) is 0 Å². The molecule has 0 aliphatic carbocycles. The number of benzene rings is 1. The lowest BCUT2D eigenvalue weighted by molar-refractivity contribution is 0.587. The number of hydrogen-bond acceptors (Lipinski definition) is 4. The molecule has 1 N–H and O–H groups in total. The van der Waals surface area contributed by atoms with Gasteiger partial charge in [0.25, 0.3) is 0 Å². The molecule has 1 aromatic heterocycles. The van der Waals surface area contributed by atoms with Gasteiger partial charge in [-0.25, -0.2) is 0 Å². The summed E-state index contributed by atoms with van der Waals surface area (Å²) in [6, 6.07) is 5.99. The van der Waals surface area contributed by atoms with E-state index >= 15 is 0 Å². The Kier molecular flexibility index (Phi) is 2.71. The van der Waals surface area contributed by atoms with Crippen LogP contribution in [0.15, 0.2) is 18.2 Å². The third kappa shape index (κ3) is 1.77. The Bertz CT molecular complexity index is 505. The second-order valence-electron chi connectivity index (χ2n) is 3.88. The first kappa shape index (κ1) is 10.3. The summed E-state index contributed by atoms with van der Waals surface area (Å²) in [5.74, 6) is 1.11. The minimum atomic E-state index is 0.781. The van der Waals surface area contributed by atoms with E-state index in [1.54, 1.807) is 0 Å². The van der Waals surface area contributed by atoms with E-state index in [9.17, 15) is 0 Å². The monoisotopic (exact) mass is 253 g/mol. The average Bonchev–Trinajstić information content (AvgIpc) is 2.73. The number of fused-ring (bicyclic) bond motifs is 1. The molecule has 1 aromatic carbocycles. The summed E-state index contributed by atoms with van der Waals surface area (Å²) >= 11 is 7.49. The highest BCUT2D eigenvalue weighted by atomic mass is 35.5. The van der Waals surface area contributed by atoms with E-state index in [0.717, 1.165) is 37.0 Å². The van der Waals surface area contributed by atoms with Crippen LogP contribution in [0, 0.1) is 0 Å². The number of rotatable bonds is 1. The molecule has 5 heteroatoms. The SMILES string of the molecule is Clc1ccc2c(N3CCNCC3)nsc2c1. The first-order valence-electron chi connectivity index (χ1n) is 5.35. The van der Waals surface area contributed by atoms with E-state index in [1.165, 1.54) is 21.6 Å². The van der Waals surface area contributed by atoms with Crippen LogP contribution in [-0.4, -0.2) is 30.6 Å². The molecule has 0 spiro atoms. The van der Waals surface area contributed by atoms with Gasteiger partial charge >= 0.3 is 0 Å². The highest BCUT2D eigenvalue weighted by molar-refractivity contribution is 7.13. The van der Waals surface area contributed by atoms with Crippen LogP contribution in [0.4, 0.5) is 5.82 Å². The Morgan fingerprint density at radius 1 is 1.31 bits per heavy atom. The molecular weight excluding hydrogens is 242 g/mol. The molecule has 0 bridgehead atoms. The quantitative estimate of drug-likeness (QED) is 0.846. The van der Waals surface area contributed by atoms with Gasteiger partial charge in [0.1, 0.15) is 5.82 Å². The number of aromatic nitrogens is 1. The van der Waals surface area contributed by atoms with Gasteiger partial charge in [-0.1, -0.05) is 11.6 Å². The van der Waals surface area contributed by atoms with Gasteiger partial charge in [-0.15, -0.1) is 0 Å². The Morgan fingerprint density at radius 2 is 2.12 bits per heavy atom. The lowest BCUT2D eigenvalue weighted by atomic mass is 10.2. The van der Waals surface area contributed by atoms with Crippen molar-refractivity contribution in [3.8, 4) is 0 Å². The molecule has 84 valence electrons. The predicted octanol–water partition coefficient (Wildman–Crippen LogP) is 2.36. The summed E-state index contributed by atoms with van der Waals surface area (Å²) < 4.78 is 5.71. The molecule has 1 fully saturated rings. The Morgan fingerprint density at radius 3 is 2.94 bits per heavy atom. The first-order chi connectivity index (χ1) is 7.84. The maximum absolute atomic E-state index is 5.97. The van der Waals surface area contributed by atoms with Crippen molar-refractivity contribution < 1.29 is 0 Å². The number of piperazine rings is 1. The summed E-state index contributed by atoms with van der Waals surface area (Å²) in [4.78, 5) is 2.34. The second-order valence-corrected chi connectivity index (χ2v) is 5.13. The van der Waals surface area contributed by atoms with Crippen LogP contribution >= 0.6 is 23.1 Å². The zero-order valence-corrected chi connectivity index (χ0v) is 10.3. The van der Waals surface area contributed by atoms with Crippen LogP contribution in [0.25, 0.3) is 10.1 Å². The predicted molar refractivity (Wildman–Crippen MR) is 69.7 cm³/mol. The summed E-state index contributed by atoms with van der Waals surface area (Å²) in [7, 11) is 0. The molecule has 1 saturated heterocycles. The third-order valence-electron chi connectivity index (χ3n) is 2.83. The Balaban J connectivity index is 2.03. The Hall–Kier alpha value is -0.840. The van der Waals surface area contributed by atoms with E-state index in [-0.39, 0.29) is 0 Å². The van der Waals surface area contributed by atoms with Crippen molar-refractivity contribution in [2.24, 2.45) is 0 Å². The van der Waals surface area contributed by atoms with Gasteiger partial charge in [0.15, 0.2) is 0 Å². The Labute approximate surface area is 103 Å². The van der Waals surface area contributed by atoms with Crippen molar-refractivity contribution in [2.75, 3.05) is 31.1 Å². The van der Waals surface area contributed by atoms with Gasteiger partial charge in [-0.2, -0.15) is 4.37 Å². The minimum Gasteiger partial charge on any atom is -0.353 e. The molecule has 0 saturated carbocycles. The number of nitrogens with zero attached hydrogens (tertiary/aromatic N) is 2. The van der Waals surface area contributed by atoms with Crippen LogP contribution in [0.3, 0.4) is 0 Å². The fraction of sp³-hybridized carbons (Fsp3) is 0.364. The van der Waals surface area contributed by atoms with Crippen molar-refractivity contribution in [1.29, 1.82) is 0 Å². The molecule has 1 aliphatic rings. The summed E-state index contributed by atoms with van der Waals surface area (Å²) in [6.45, 7) is 4.13. The van der Waals surface area contributed by atoms with E-state index in [1.807, 2.05) is 12.1 Å². The normalized spacial score (nSPS) is 16.9. The number of nitrogens with one attached hydrogen (secondary N) is 1. The summed E-state index contributed by atoms with van der Waals surface area (Å²) in [5.41, 5.74) is 0. The van der Waals surface area contributed by atoms with Crippen LogP contribution in [0.1, 0.15) is 0 Å². The molecule has 3 rings (SSSR count). The number of halogens is 1. The van der Waals surface area contributed by atoms with Crippen LogP contribution in [0.2, 0.25) is 5.02 Å². The molecule has 16 heavy (non-hydrogen) atoms. The zero-order chi connectivity index (χ0) is 11.0. The van der Waals surface area contributed by atoms with Crippen molar-refractivity contribution in [3.63, 3.8) is 0 Å². The third-order valence-corrected chi connectivity index (χ3v) is 3.87. The molecule has 0 radical (unpaired) electrons. The van der Waals surface area contributed by atoms with Gasteiger partial charge in [0.2, 0.25) is 0 Å². The zero-order valence-electron chi connectivity index (χ0n) is 8.74. The van der Waals surface area contributed by atoms with Crippen molar-refractivity contribution in [1.82, 2.24) is 9.69 Å². The average molecular weight is 254 g/mol. The van der Waals surface area contributed by atoms with Gasteiger partial charge in [0.05, 0.1) is 4.70 Å². The van der Waals surface area contributed by atoms with Crippen molar-refractivity contribution in [2.45, 2.75) is 0 Å². The molecule has 0 amide bonds. The fourth-order valence-electron chi connectivity index (χ4n) is 2.00. The van der Waals surface area contributed by atoms with Gasteiger partial charge in [0, 0.05) is 36.6 Å². The number of anilines is 1. The fourth-order valence-corrected chi connectivity index (χ4v) is 3.08. The van der Waals surface area contributed by atoms with Crippen molar-refractivity contribution >= 4 is 39.0 Å². The largest absolute Gasteiger partial charge is 0.353 e. The molecule has 2 aromatic rings. The number of hydrogen-bond donors (Lipinski definition) is 1. The highest BCUT2D eigenvalue weighted by Crippen LogP contribution is 2.31. The molecule has 0 atom stereocenters.